The molecule has 1 N–H and O–H groups in total. The summed E-state index contributed by atoms with van der Waals surface area (Å²) in [7, 11) is -3.26. The summed E-state index contributed by atoms with van der Waals surface area (Å²) in [5.41, 5.74) is 0.683. The quantitative estimate of drug-likeness (QED) is 0.905. The Balaban J connectivity index is 1.80. The second-order valence-electron chi connectivity index (χ2n) is 7.66. The Morgan fingerprint density at radius 3 is 2.58 bits per heavy atom. The summed E-state index contributed by atoms with van der Waals surface area (Å²) >= 11 is 0. The van der Waals surface area contributed by atoms with E-state index in [0.717, 1.165) is 43.8 Å². The van der Waals surface area contributed by atoms with E-state index in [1.807, 2.05) is 24.3 Å². The van der Waals surface area contributed by atoms with Gasteiger partial charge >= 0.3 is 0 Å². The molecule has 2 heterocycles. The molecular formula is C18H28N2O3S. The molecule has 2 aliphatic heterocycles. The van der Waals surface area contributed by atoms with Gasteiger partial charge in [-0.1, -0.05) is 32.0 Å². The molecule has 0 aromatic heterocycles. The number of fused-ring (bicyclic) bond motifs is 1. The van der Waals surface area contributed by atoms with E-state index in [0.29, 0.717) is 12.3 Å². The second-order valence-corrected chi connectivity index (χ2v) is 9.44. The summed E-state index contributed by atoms with van der Waals surface area (Å²) in [6.45, 7) is 7.60. The van der Waals surface area contributed by atoms with E-state index >= 15 is 0 Å². The minimum Gasteiger partial charge on any atom is -0.487 e. The SMILES string of the molecule is CC(C)CN1CCC2(CC1)C[C@@H](NS(C)(=O)=O)c1ccccc1O2. The Morgan fingerprint density at radius 2 is 1.96 bits per heavy atom. The van der Waals surface area contributed by atoms with Gasteiger partial charge in [0.1, 0.15) is 11.4 Å². The van der Waals surface area contributed by atoms with Crippen LogP contribution >= 0.6 is 0 Å². The molecule has 6 heteroatoms. The van der Waals surface area contributed by atoms with Crippen LogP contribution in [0.5, 0.6) is 5.75 Å². The smallest absolute Gasteiger partial charge is 0.209 e. The molecule has 1 saturated heterocycles. The highest BCUT2D eigenvalue weighted by atomic mass is 32.2. The van der Waals surface area contributed by atoms with E-state index in [1.54, 1.807) is 0 Å². The summed E-state index contributed by atoms with van der Waals surface area (Å²) in [4.78, 5) is 2.48. The van der Waals surface area contributed by atoms with Crippen molar-refractivity contribution >= 4 is 10.0 Å². The zero-order chi connectivity index (χ0) is 17.4. The number of rotatable bonds is 4. The number of para-hydroxylation sites is 1. The molecule has 24 heavy (non-hydrogen) atoms. The molecule has 1 aromatic carbocycles. The van der Waals surface area contributed by atoms with E-state index in [-0.39, 0.29) is 11.6 Å². The Bertz CT molecular complexity index is 679. The van der Waals surface area contributed by atoms with Gasteiger partial charge in [0.15, 0.2) is 0 Å². The van der Waals surface area contributed by atoms with Crippen LogP contribution in [0.3, 0.4) is 0 Å². The third kappa shape index (κ3) is 4.10. The summed E-state index contributed by atoms with van der Waals surface area (Å²) in [6, 6.07) is 7.58. The van der Waals surface area contributed by atoms with Crippen LogP contribution in [0.15, 0.2) is 24.3 Å². The average molecular weight is 353 g/mol. The molecule has 0 radical (unpaired) electrons. The molecule has 0 saturated carbocycles. The maximum Gasteiger partial charge on any atom is 0.209 e. The normalized spacial score (nSPS) is 23.9. The van der Waals surface area contributed by atoms with Crippen LogP contribution in [0.25, 0.3) is 0 Å². The first-order chi connectivity index (χ1) is 11.3. The van der Waals surface area contributed by atoms with Crippen molar-refractivity contribution in [1.82, 2.24) is 9.62 Å². The monoisotopic (exact) mass is 352 g/mol. The fraction of sp³-hybridized carbons (Fsp3) is 0.667. The topological polar surface area (TPSA) is 58.6 Å². The molecule has 0 aliphatic carbocycles. The van der Waals surface area contributed by atoms with Crippen LogP contribution < -0.4 is 9.46 Å². The van der Waals surface area contributed by atoms with Crippen LogP contribution in [0.1, 0.15) is 44.7 Å². The third-order valence-electron chi connectivity index (χ3n) is 4.94. The van der Waals surface area contributed by atoms with Crippen molar-refractivity contribution in [3.63, 3.8) is 0 Å². The van der Waals surface area contributed by atoms with Crippen molar-refractivity contribution in [2.24, 2.45) is 5.92 Å². The first kappa shape index (κ1) is 17.7. The maximum absolute atomic E-state index is 11.8. The van der Waals surface area contributed by atoms with E-state index in [1.165, 1.54) is 6.26 Å². The highest BCUT2D eigenvalue weighted by molar-refractivity contribution is 7.88. The Kier molecular flexibility index (Phi) is 4.91. The molecule has 1 fully saturated rings. The van der Waals surface area contributed by atoms with Crippen molar-refractivity contribution in [3.05, 3.63) is 29.8 Å². The van der Waals surface area contributed by atoms with E-state index in [9.17, 15) is 8.42 Å². The van der Waals surface area contributed by atoms with Crippen molar-refractivity contribution < 1.29 is 13.2 Å². The number of ether oxygens (including phenoxy) is 1. The Morgan fingerprint density at radius 1 is 1.29 bits per heavy atom. The lowest BCUT2D eigenvalue weighted by atomic mass is 9.81. The van der Waals surface area contributed by atoms with Gasteiger partial charge in [-0.2, -0.15) is 0 Å². The number of piperidine rings is 1. The van der Waals surface area contributed by atoms with Crippen LogP contribution in [0, 0.1) is 5.92 Å². The number of nitrogens with one attached hydrogen (secondary N) is 1. The molecule has 5 nitrogen and oxygen atoms in total. The van der Waals surface area contributed by atoms with Crippen LogP contribution in [-0.4, -0.2) is 44.8 Å². The van der Waals surface area contributed by atoms with Crippen LogP contribution in [0.2, 0.25) is 0 Å². The number of likely N-dealkylation sites (tertiary alicyclic amines) is 1. The number of sulfonamides is 1. The minimum absolute atomic E-state index is 0.207. The van der Waals surface area contributed by atoms with Crippen LogP contribution in [0.4, 0.5) is 0 Å². The third-order valence-corrected chi connectivity index (χ3v) is 5.66. The molecule has 1 spiro atoms. The lowest BCUT2D eigenvalue weighted by Gasteiger charge is -2.47. The predicted molar refractivity (Wildman–Crippen MR) is 95.7 cm³/mol. The van der Waals surface area contributed by atoms with Gasteiger partial charge in [-0.25, -0.2) is 13.1 Å². The van der Waals surface area contributed by atoms with E-state index < -0.39 is 10.0 Å². The van der Waals surface area contributed by atoms with Gasteiger partial charge in [0.05, 0.1) is 12.3 Å². The maximum atomic E-state index is 11.8. The molecule has 134 valence electrons. The number of nitrogens with zero attached hydrogens (tertiary/aromatic N) is 1. The van der Waals surface area contributed by atoms with Crippen molar-refractivity contribution in [3.8, 4) is 5.75 Å². The van der Waals surface area contributed by atoms with Gasteiger partial charge in [-0.05, 0) is 24.8 Å². The van der Waals surface area contributed by atoms with Gasteiger partial charge in [-0.3, -0.25) is 0 Å². The van der Waals surface area contributed by atoms with E-state index in [2.05, 4.69) is 23.5 Å². The van der Waals surface area contributed by atoms with E-state index in [4.69, 9.17) is 4.74 Å². The predicted octanol–water partition coefficient (Wildman–Crippen LogP) is 2.55. The van der Waals surface area contributed by atoms with Crippen molar-refractivity contribution in [1.29, 1.82) is 0 Å². The summed E-state index contributed by atoms with van der Waals surface area (Å²) in [6.07, 6.45) is 3.81. The lowest BCUT2D eigenvalue weighted by molar-refractivity contribution is -0.0251. The van der Waals surface area contributed by atoms with Crippen molar-refractivity contribution in [2.45, 2.75) is 44.8 Å². The minimum atomic E-state index is -3.26. The molecule has 1 aromatic rings. The molecule has 3 rings (SSSR count). The first-order valence-corrected chi connectivity index (χ1v) is 10.6. The number of hydrogen-bond acceptors (Lipinski definition) is 4. The highest BCUT2D eigenvalue weighted by Crippen LogP contribution is 2.44. The molecule has 0 amide bonds. The second kappa shape index (κ2) is 6.65. The Hall–Kier alpha value is -1.11. The lowest BCUT2D eigenvalue weighted by Crippen LogP contribution is -2.52. The standard InChI is InChI=1S/C18H28N2O3S/c1-14(2)13-20-10-8-18(9-11-20)12-16(19-24(3,21)22)15-6-4-5-7-17(15)23-18/h4-7,14,16,19H,8-13H2,1-3H3/t16-/m1/s1. The van der Waals surface area contributed by atoms with Gasteiger partial charge < -0.3 is 9.64 Å². The zero-order valence-electron chi connectivity index (χ0n) is 14.8. The highest BCUT2D eigenvalue weighted by Gasteiger charge is 2.43. The summed E-state index contributed by atoms with van der Waals surface area (Å²) in [5.74, 6) is 1.48. The number of hydrogen-bond donors (Lipinski definition) is 1. The largest absolute Gasteiger partial charge is 0.487 e. The zero-order valence-corrected chi connectivity index (χ0v) is 15.6. The summed E-state index contributed by atoms with van der Waals surface area (Å²) < 4.78 is 32.8. The van der Waals surface area contributed by atoms with Crippen molar-refractivity contribution in [2.75, 3.05) is 25.9 Å². The van der Waals surface area contributed by atoms with Gasteiger partial charge in [0.2, 0.25) is 10.0 Å². The fourth-order valence-corrected chi connectivity index (χ4v) is 4.67. The number of benzene rings is 1. The molecule has 1 atom stereocenters. The van der Waals surface area contributed by atoms with Gasteiger partial charge in [0.25, 0.3) is 0 Å². The molecule has 0 unspecified atom stereocenters. The molecule has 2 aliphatic rings. The average Bonchev–Trinajstić information content (AvgIpc) is 2.48. The van der Waals surface area contributed by atoms with Gasteiger partial charge in [-0.15, -0.1) is 0 Å². The molecular weight excluding hydrogens is 324 g/mol. The fourth-order valence-electron chi connectivity index (χ4n) is 3.95. The Labute approximate surface area is 145 Å². The summed E-state index contributed by atoms with van der Waals surface area (Å²) in [5, 5.41) is 0. The van der Waals surface area contributed by atoms with Crippen LogP contribution in [-0.2, 0) is 10.0 Å². The molecule has 0 bridgehead atoms. The first-order valence-electron chi connectivity index (χ1n) is 8.74. The van der Waals surface area contributed by atoms with Gasteiger partial charge in [0, 0.05) is 31.6 Å².